The van der Waals surface area contributed by atoms with Gasteiger partial charge in [0.2, 0.25) is 6.29 Å². The molecular weight excluding hydrogens is 304 g/mol. The molecule has 7 nitrogen and oxygen atoms in total. The molecule has 0 aromatic heterocycles. The highest BCUT2D eigenvalue weighted by atomic mass is 16.7. The molecule has 1 fully saturated rings. The van der Waals surface area contributed by atoms with E-state index in [9.17, 15) is 14.4 Å². The van der Waals surface area contributed by atoms with Gasteiger partial charge in [0.1, 0.15) is 6.61 Å². The van der Waals surface area contributed by atoms with Gasteiger partial charge in [0, 0.05) is 20.3 Å². The lowest BCUT2D eigenvalue weighted by atomic mass is 10.2. The Morgan fingerprint density at radius 2 is 1.74 bits per heavy atom. The summed E-state index contributed by atoms with van der Waals surface area (Å²) in [6.07, 6.45) is -1.94. The second-order valence-corrected chi connectivity index (χ2v) is 5.08. The minimum atomic E-state index is -0.989. The van der Waals surface area contributed by atoms with Gasteiger partial charge >= 0.3 is 17.9 Å². The highest BCUT2D eigenvalue weighted by Gasteiger charge is 2.40. The quantitative estimate of drug-likeness (QED) is 0.599. The number of rotatable bonds is 5. The van der Waals surface area contributed by atoms with Gasteiger partial charge in [-0.05, 0) is 12.1 Å². The maximum absolute atomic E-state index is 11.9. The Balaban J connectivity index is 1.89. The lowest BCUT2D eigenvalue weighted by Gasteiger charge is -2.17. The number of carbonyl (C=O) groups is 3. The summed E-state index contributed by atoms with van der Waals surface area (Å²) in [5, 5.41) is 0. The minimum Gasteiger partial charge on any atom is -0.459 e. The van der Waals surface area contributed by atoms with Crippen LogP contribution in [0.3, 0.4) is 0 Å². The van der Waals surface area contributed by atoms with Crippen LogP contribution in [0.15, 0.2) is 30.3 Å². The lowest BCUT2D eigenvalue weighted by molar-refractivity contribution is -0.195. The molecular formula is C16H18O7. The molecule has 3 atom stereocenters. The second-order valence-electron chi connectivity index (χ2n) is 5.08. The largest absolute Gasteiger partial charge is 0.459 e. The van der Waals surface area contributed by atoms with E-state index in [-0.39, 0.29) is 13.0 Å². The highest BCUT2D eigenvalue weighted by molar-refractivity contribution is 5.89. The predicted octanol–water partition coefficient (Wildman–Crippen LogP) is 1.45. The monoisotopic (exact) mass is 322 g/mol. The Morgan fingerprint density at radius 1 is 1.09 bits per heavy atom. The topological polar surface area (TPSA) is 88.1 Å². The van der Waals surface area contributed by atoms with Crippen LogP contribution in [-0.4, -0.2) is 43.0 Å². The molecule has 2 rings (SSSR count). The van der Waals surface area contributed by atoms with Crippen LogP contribution in [0, 0.1) is 0 Å². The van der Waals surface area contributed by atoms with Crippen molar-refractivity contribution in [1.29, 1.82) is 0 Å². The van der Waals surface area contributed by atoms with E-state index in [0.29, 0.717) is 5.56 Å². The summed E-state index contributed by atoms with van der Waals surface area (Å²) in [5.74, 6) is -1.53. The van der Waals surface area contributed by atoms with E-state index < -0.39 is 36.4 Å². The van der Waals surface area contributed by atoms with Crippen molar-refractivity contribution in [3.63, 3.8) is 0 Å². The van der Waals surface area contributed by atoms with E-state index in [1.807, 2.05) is 0 Å². The maximum Gasteiger partial charge on any atom is 0.338 e. The van der Waals surface area contributed by atoms with Gasteiger partial charge in [-0.15, -0.1) is 0 Å². The third kappa shape index (κ3) is 5.07. The van der Waals surface area contributed by atoms with Gasteiger partial charge in [-0.1, -0.05) is 18.2 Å². The predicted molar refractivity (Wildman–Crippen MR) is 77.3 cm³/mol. The fourth-order valence-electron chi connectivity index (χ4n) is 2.22. The molecule has 1 heterocycles. The van der Waals surface area contributed by atoms with Crippen LogP contribution in [0.2, 0.25) is 0 Å². The summed E-state index contributed by atoms with van der Waals surface area (Å²) >= 11 is 0. The molecule has 1 aromatic carbocycles. The third-order valence-electron chi connectivity index (χ3n) is 3.13. The van der Waals surface area contributed by atoms with Gasteiger partial charge < -0.3 is 18.9 Å². The van der Waals surface area contributed by atoms with E-state index in [4.69, 9.17) is 18.9 Å². The molecule has 1 aliphatic rings. The first-order valence-electron chi connectivity index (χ1n) is 7.17. The van der Waals surface area contributed by atoms with Crippen LogP contribution in [-0.2, 0) is 28.5 Å². The van der Waals surface area contributed by atoms with Crippen molar-refractivity contribution < 1.29 is 33.3 Å². The van der Waals surface area contributed by atoms with Crippen LogP contribution in [0.4, 0.5) is 0 Å². The molecule has 0 aliphatic carbocycles. The normalized spacial score (nSPS) is 23.1. The summed E-state index contributed by atoms with van der Waals surface area (Å²) in [7, 11) is 0. The molecule has 1 saturated heterocycles. The molecule has 0 amide bonds. The molecule has 124 valence electrons. The summed E-state index contributed by atoms with van der Waals surface area (Å²) in [6.45, 7) is 2.47. The fourth-order valence-corrected chi connectivity index (χ4v) is 2.22. The average molecular weight is 322 g/mol. The Kier molecular flexibility index (Phi) is 5.70. The molecule has 0 unspecified atom stereocenters. The molecule has 1 aromatic rings. The molecule has 1 aliphatic heterocycles. The van der Waals surface area contributed by atoms with Gasteiger partial charge in [-0.2, -0.15) is 0 Å². The Bertz CT molecular complexity index is 545. The van der Waals surface area contributed by atoms with Gasteiger partial charge in [0.15, 0.2) is 6.10 Å². The number of carbonyl (C=O) groups excluding carboxylic acids is 3. The fraction of sp³-hybridized carbons (Fsp3) is 0.438. The summed E-state index contributed by atoms with van der Waals surface area (Å²) in [6, 6.07) is 8.54. The van der Waals surface area contributed by atoms with E-state index in [1.165, 1.54) is 13.8 Å². The van der Waals surface area contributed by atoms with Crippen LogP contribution in [0.5, 0.6) is 0 Å². The van der Waals surface area contributed by atoms with E-state index >= 15 is 0 Å². The number of hydrogen-bond donors (Lipinski definition) is 0. The molecule has 0 radical (unpaired) electrons. The Morgan fingerprint density at radius 3 is 2.35 bits per heavy atom. The van der Waals surface area contributed by atoms with Gasteiger partial charge in [-0.25, -0.2) is 4.79 Å². The summed E-state index contributed by atoms with van der Waals surface area (Å²) in [5.41, 5.74) is 0.429. The minimum absolute atomic E-state index is 0.0245. The van der Waals surface area contributed by atoms with Gasteiger partial charge in [-0.3, -0.25) is 9.59 Å². The Hall–Kier alpha value is -2.41. The smallest absolute Gasteiger partial charge is 0.338 e. The van der Waals surface area contributed by atoms with Crippen molar-refractivity contribution in [2.75, 3.05) is 6.61 Å². The van der Waals surface area contributed by atoms with Gasteiger partial charge in [0.05, 0.1) is 11.7 Å². The zero-order valence-electron chi connectivity index (χ0n) is 12.9. The summed E-state index contributed by atoms with van der Waals surface area (Å²) in [4.78, 5) is 34.0. The molecule has 0 spiro atoms. The van der Waals surface area contributed by atoms with Crippen molar-refractivity contribution in [1.82, 2.24) is 0 Å². The molecule has 0 bridgehead atoms. The average Bonchev–Trinajstić information content (AvgIpc) is 2.86. The third-order valence-corrected chi connectivity index (χ3v) is 3.13. The summed E-state index contributed by atoms with van der Waals surface area (Å²) < 4.78 is 20.7. The zero-order valence-corrected chi connectivity index (χ0v) is 12.9. The number of esters is 3. The molecule has 0 saturated carbocycles. The molecule has 0 N–H and O–H groups in total. The van der Waals surface area contributed by atoms with E-state index in [2.05, 4.69) is 0 Å². The Labute approximate surface area is 133 Å². The zero-order chi connectivity index (χ0) is 16.8. The van der Waals surface area contributed by atoms with Crippen LogP contribution in [0.25, 0.3) is 0 Å². The van der Waals surface area contributed by atoms with E-state index in [1.54, 1.807) is 30.3 Å². The SMILES string of the molecule is CC(=O)O[C@@H]1O[C@@H](COC(=O)c2ccccc2)C[C@H]1OC(C)=O. The van der Waals surface area contributed by atoms with Crippen LogP contribution >= 0.6 is 0 Å². The van der Waals surface area contributed by atoms with Gasteiger partial charge in [0.25, 0.3) is 0 Å². The second kappa shape index (κ2) is 7.73. The molecule has 23 heavy (non-hydrogen) atoms. The number of benzene rings is 1. The van der Waals surface area contributed by atoms with Crippen molar-refractivity contribution >= 4 is 17.9 Å². The highest BCUT2D eigenvalue weighted by Crippen LogP contribution is 2.25. The first kappa shape index (κ1) is 17.0. The van der Waals surface area contributed by atoms with Crippen LogP contribution in [0.1, 0.15) is 30.6 Å². The number of ether oxygens (including phenoxy) is 4. The molecule has 7 heteroatoms. The van der Waals surface area contributed by atoms with Crippen molar-refractivity contribution in [2.24, 2.45) is 0 Å². The van der Waals surface area contributed by atoms with Crippen molar-refractivity contribution in [3.05, 3.63) is 35.9 Å². The first-order chi connectivity index (χ1) is 11.0. The van der Waals surface area contributed by atoms with E-state index in [0.717, 1.165) is 0 Å². The number of hydrogen-bond acceptors (Lipinski definition) is 7. The maximum atomic E-state index is 11.9. The van der Waals surface area contributed by atoms with Crippen LogP contribution < -0.4 is 0 Å². The van der Waals surface area contributed by atoms with Crippen molar-refractivity contribution in [3.8, 4) is 0 Å². The lowest BCUT2D eigenvalue weighted by Crippen LogP contribution is -2.30. The van der Waals surface area contributed by atoms with Crippen molar-refractivity contribution in [2.45, 2.75) is 38.8 Å². The first-order valence-corrected chi connectivity index (χ1v) is 7.17. The standard InChI is InChI=1S/C16H18O7/c1-10(17)21-14-8-13(23-16(14)22-11(2)18)9-20-15(19)12-6-4-3-5-7-12/h3-7,13-14,16H,8-9H2,1-2H3/t13-,14-,16-/m1/s1.